The molecule has 94 valence electrons. The SMILES string of the molecule is CN1CCOC(CNC(=O)C2CNC2)C1.Cl. The summed E-state index contributed by atoms with van der Waals surface area (Å²) in [4.78, 5) is 13.8. The molecule has 2 saturated heterocycles. The number of hydrogen-bond acceptors (Lipinski definition) is 4. The first kappa shape index (κ1) is 13.7. The highest BCUT2D eigenvalue weighted by Crippen LogP contribution is 2.04. The highest BCUT2D eigenvalue weighted by Gasteiger charge is 2.26. The summed E-state index contributed by atoms with van der Waals surface area (Å²) < 4.78 is 5.56. The van der Waals surface area contributed by atoms with Crippen LogP contribution >= 0.6 is 12.4 Å². The lowest BCUT2D eigenvalue weighted by Crippen LogP contribution is -2.53. The zero-order chi connectivity index (χ0) is 10.7. The molecule has 0 aromatic rings. The van der Waals surface area contributed by atoms with Crippen LogP contribution in [-0.4, -0.2) is 63.3 Å². The van der Waals surface area contributed by atoms with E-state index in [9.17, 15) is 4.79 Å². The van der Waals surface area contributed by atoms with Gasteiger partial charge in [-0.3, -0.25) is 4.79 Å². The molecule has 2 aliphatic heterocycles. The van der Waals surface area contributed by atoms with E-state index in [-0.39, 0.29) is 30.3 Å². The van der Waals surface area contributed by atoms with Gasteiger partial charge < -0.3 is 20.3 Å². The fourth-order valence-electron chi connectivity index (χ4n) is 1.82. The molecule has 2 rings (SSSR count). The lowest BCUT2D eigenvalue weighted by Gasteiger charge is -2.31. The summed E-state index contributed by atoms with van der Waals surface area (Å²) in [6, 6.07) is 0. The highest BCUT2D eigenvalue weighted by molar-refractivity contribution is 5.85. The fraction of sp³-hybridized carbons (Fsp3) is 0.900. The van der Waals surface area contributed by atoms with Crippen LogP contribution in [-0.2, 0) is 9.53 Å². The Balaban J connectivity index is 0.00000128. The van der Waals surface area contributed by atoms with E-state index in [2.05, 4.69) is 22.6 Å². The molecule has 2 fully saturated rings. The zero-order valence-electron chi connectivity index (χ0n) is 9.57. The molecule has 5 nitrogen and oxygen atoms in total. The minimum atomic E-state index is 0. The average molecular weight is 250 g/mol. The van der Waals surface area contributed by atoms with Crippen LogP contribution in [0, 0.1) is 5.92 Å². The van der Waals surface area contributed by atoms with Gasteiger partial charge in [-0.1, -0.05) is 0 Å². The second kappa shape index (κ2) is 6.39. The summed E-state index contributed by atoms with van der Waals surface area (Å²) in [7, 11) is 2.08. The van der Waals surface area contributed by atoms with Crippen molar-refractivity contribution in [3.8, 4) is 0 Å². The number of carbonyl (C=O) groups excluding carboxylic acids is 1. The Hall–Kier alpha value is -0.360. The molecule has 0 aromatic heterocycles. The topological polar surface area (TPSA) is 53.6 Å². The predicted octanol–water partition coefficient (Wildman–Crippen LogP) is -0.926. The van der Waals surface area contributed by atoms with Crippen molar-refractivity contribution in [2.45, 2.75) is 6.10 Å². The summed E-state index contributed by atoms with van der Waals surface area (Å²) in [6.45, 7) is 4.93. The molecule has 1 unspecified atom stereocenters. The van der Waals surface area contributed by atoms with Crippen LogP contribution in [0.3, 0.4) is 0 Å². The molecule has 1 atom stereocenters. The number of ether oxygens (including phenoxy) is 1. The first-order valence-corrected chi connectivity index (χ1v) is 5.54. The molecule has 2 heterocycles. The third kappa shape index (κ3) is 3.59. The predicted molar refractivity (Wildman–Crippen MR) is 63.9 cm³/mol. The van der Waals surface area contributed by atoms with Gasteiger partial charge in [-0.2, -0.15) is 0 Å². The van der Waals surface area contributed by atoms with Crippen LogP contribution in [0.1, 0.15) is 0 Å². The van der Waals surface area contributed by atoms with E-state index < -0.39 is 0 Å². The number of hydrogen-bond donors (Lipinski definition) is 2. The number of likely N-dealkylation sites (N-methyl/N-ethyl adjacent to an activating group) is 1. The maximum Gasteiger partial charge on any atom is 0.225 e. The molecule has 2 aliphatic rings. The van der Waals surface area contributed by atoms with Crippen LogP contribution in [0.15, 0.2) is 0 Å². The Kier molecular flexibility index (Phi) is 5.48. The lowest BCUT2D eigenvalue weighted by molar-refractivity contribution is -0.127. The number of amides is 1. The van der Waals surface area contributed by atoms with E-state index in [1.54, 1.807) is 0 Å². The maximum absolute atomic E-state index is 11.5. The molecular formula is C10H20ClN3O2. The summed E-state index contributed by atoms with van der Waals surface area (Å²) >= 11 is 0. The van der Waals surface area contributed by atoms with E-state index in [1.165, 1.54) is 0 Å². The number of nitrogens with zero attached hydrogens (tertiary/aromatic N) is 1. The van der Waals surface area contributed by atoms with E-state index >= 15 is 0 Å². The standard InChI is InChI=1S/C10H19N3O2.ClH/c1-13-2-3-15-9(7-13)6-12-10(14)8-4-11-5-8;/h8-9,11H,2-7H2,1H3,(H,12,14);1H. The Morgan fingerprint density at radius 3 is 2.88 bits per heavy atom. The first-order valence-electron chi connectivity index (χ1n) is 5.54. The van der Waals surface area contributed by atoms with E-state index in [0.717, 1.165) is 32.8 Å². The van der Waals surface area contributed by atoms with Gasteiger partial charge in [0.25, 0.3) is 0 Å². The molecule has 6 heteroatoms. The number of morpholine rings is 1. The molecule has 0 spiro atoms. The third-order valence-electron chi connectivity index (χ3n) is 3.00. The van der Waals surface area contributed by atoms with Crippen molar-refractivity contribution < 1.29 is 9.53 Å². The zero-order valence-corrected chi connectivity index (χ0v) is 10.4. The first-order chi connectivity index (χ1) is 7.25. The van der Waals surface area contributed by atoms with Gasteiger partial charge in [-0.25, -0.2) is 0 Å². The normalized spacial score (nSPS) is 26.7. The van der Waals surface area contributed by atoms with Crippen LogP contribution in [0.25, 0.3) is 0 Å². The van der Waals surface area contributed by atoms with E-state index in [0.29, 0.717) is 6.54 Å². The van der Waals surface area contributed by atoms with Crippen molar-refractivity contribution >= 4 is 18.3 Å². The van der Waals surface area contributed by atoms with Gasteiger partial charge in [0, 0.05) is 32.7 Å². The quantitative estimate of drug-likeness (QED) is 0.679. The second-order valence-electron chi connectivity index (χ2n) is 4.36. The van der Waals surface area contributed by atoms with Gasteiger partial charge >= 0.3 is 0 Å². The van der Waals surface area contributed by atoms with Crippen molar-refractivity contribution in [3.05, 3.63) is 0 Å². The van der Waals surface area contributed by atoms with Crippen molar-refractivity contribution in [3.63, 3.8) is 0 Å². The summed E-state index contributed by atoms with van der Waals surface area (Å²) in [5, 5.41) is 6.03. The number of rotatable bonds is 3. The summed E-state index contributed by atoms with van der Waals surface area (Å²) in [6.07, 6.45) is 0.153. The van der Waals surface area contributed by atoms with E-state index in [1.807, 2.05) is 0 Å². The van der Waals surface area contributed by atoms with Crippen LogP contribution < -0.4 is 10.6 Å². The monoisotopic (exact) mass is 249 g/mol. The number of nitrogens with one attached hydrogen (secondary N) is 2. The van der Waals surface area contributed by atoms with Gasteiger partial charge in [0.15, 0.2) is 0 Å². The Morgan fingerprint density at radius 2 is 2.31 bits per heavy atom. The van der Waals surface area contributed by atoms with Gasteiger partial charge in [-0.15, -0.1) is 12.4 Å². The van der Waals surface area contributed by atoms with Gasteiger partial charge in [0.1, 0.15) is 0 Å². The van der Waals surface area contributed by atoms with Crippen LogP contribution in [0.2, 0.25) is 0 Å². The van der Waals surface area contributed by atoms with Crippen LogP contribution in [0.5, 0.6) is 0 Å². The average Bonchev–Trinajstić information content (AvgIpc) is 2.12. The Labute approximate surface area is 102 Å². The summed E-state index contributed by atoms with van der Waals surface area (Å²) in [5.41, 5.74) is 0. The lowest BCUT2D eigenvalue weighted by atomic mass is 10.0. The molecule has 0 aliphatic carbocycles. The molecule has 1 amide bonds. The molecule has 16 heavy (non-hydrogen) atoms. The molecule has 2 N–H and O–H groups in total. The fourth-order valence-corrected chi connectivity index (χ4v) is 1.82. The largest absolute Gasteiger partial charge is 0.374 e. The van der Waals surface area contributed by atoms with Crippen LogP contribution in [0.4, 0.5) is 0 Å². The van der Waals surface area contributed by atoms with E-state index in [4.69, 9.17) is 4.74 Å². The number of halogens is 1. The van der Waals surface area contributed by atoms with Crippen molar-refractivity contribution in [2.75, 3.05) is 46.4 Å². The minimum absolute atomic E-state index is 0. The highest BCUT2D eigenvalue weighted by atomic mass is 35.5. The molecular weight excluding hydrogens is 230 g/mol. The molecule has 0 radical (unpaired) electrons. The molecule has 0 aromatic carbocycles. The third-order valence-corrected chi connectivity index (χ3v) is 3.00. The van der Waals surface area contributed by atoms with Crippen molar-refractivity contribution in [2.24, 2.45) is 5.92 Å². The minimum Gasteiger partial charge on any atom is -0.374 e. The smallest absolute Gasteiger partial charge is 0.225 e. The Morgan fingerprint density at radius 1 is 1.56 bits per heavy atom. The second-order valence-corrected chi connectivity index (χ2v) is 4.36. The van der Waals surface area contributed by atoms with Crippen molar-refractivity contribution in [1.29, 1.82) is 0 Å². The van der Waals surface area contributed by atoms with Crippen molar-refractivity contribution in [1.82, 2.24) is 15.5 Å². The van der Waals surface area contributed by atoms with Gasteiger partial charge in [0.2, 0.25) is 5.91 Å². The molecule has 0 bridgehead atoms. The number of carbonyl (C=O) groups is 1. The van der Waals surface area contributed by atoms with Gasteiger partial charge in [0.05, 0.1) is 18.6 Å². The maximum atomic E-state index is 11.5. The molecule has 0 saturated carbocycles. The summed E-state index contributed by atoms with van der Waals surface area (Å²) in [5.74, 6) is 0.330. The Bertz CT molecular complexity index is 236. The van der Waals surface area contributed by atoms with Gasteiger partial charge in [-0.05, 0) is 7.05 Å².